The van der Waals surface area contributed by atoms with Gasteiger partial charge in [-0.1, -0.05) is 6.07 Å². The molecular weight excluding hydrogens is 220 g/mol. The highest BCUT2D eigenvalue weighted by molar-refractivity contribution is 5.64. The summed E-state index contributed by atoms with van der Waals surface area (Å²) in [4.78, 5) is 12.5. The van der Waals surface area contributed by atoms with Gasteiger partial charge in [-0.2, -0.15) is 0 Å². The molecular formula is C12H18N2O3. The Morgan fingerprint density at radius 3 is 2.71 bits per heavy atom. The van der Waals surface area contributed by atoms with Crippen molar-refractivity contribution in [3.05, 3.63) is 33.9 Å². The van der Waals surface area contributed by atoms with Crippen LogP contribution in [-0.4, -0.2) is 29.7 Å². The highest BCUT2D eigenvalue weighted by atomic mass is 16.6. The Morgan fingerprint density at radius 2 is 2.18 bits per heavy atom. The molecule has 0 aliphatic carbocycles. The highest BCUT2D eigenvalue weighted by Crippen LogP contribution is 2.29. The molecule has 1 N–H and O–H groups in total. The molecule has 0 heterocycles. The fourth-order valence-electron chi connectivity index (χ4n) is 1.75. The molecule has 0 amide bonds. The number of rotatable bonds is 6. The molecule has 1 aromatic carbocycles. The summed E-state index contributed by atoms with van der Waals surface area (Å²) >= 11 is 0. The van der Waals surface area contributed by atoms with Crippen LogP contribution in [0.1, 0.15) is 18.9 Å². The van der Waals surface area contributed by atoms with Gasteiger partial charge >= 0.3 is 0 Å². The zero-order chi connectivity index (χ0) is 12.8. The Hall–Kier alpha value is -1.62. The van der Waals surface area contributed by atoms with E-state index in [-0.39, 0.29) is 17.2 Å². The van der Waals surface area contributed by atoms with E-state index in [2.05, 4.69) is 0 Å². The first-order valence-electron chi connectivity index (χ1n) is 5.71. The molecule has 1 aromatic rings. The van der Waals surface area contributed by atoms with Crippen molar-refractivity contribution in [1.82, 2.24) is 0 Å². The molecule has 1 rings (SSSR count). The van der Waals surface area contributed by atoms with Crippen molar-refractivity contribution in [2.45, 2.75) is 20.3 Å². The van der Waals surface area contributed by atoms with Crippen LogP contribution in [-0.2, 0) is 0 Å². The number of aryl methyl sites for hydroxylation is 1. The number of hydrogen-bond acceptors (Lipinski definition) is 4. The normalized spacial score (nSPS) is 10.3. The maximum absolute atomic E-state index is 11.0. The van der Waals surface area contributed by atoms with Gasteiger partial charge in [-0.05, 0) is 31.9 Å². The topological polar surface area (TPSA) is 66.6 Å². The lowest BCUT2D eigenvalue weighted by Crippen LogP contribution is -2.25. The molecule has 0 atom stereocenters. The molecule has 0 fully saturated rings. The maximum atomic E-state index is 11.0. The fraction of sp³-hybridized carbons (Fsp3) is 0.500. The van der Waals surface area contributed by atoms with E-state index in [1.165, 1.54) is 6.07 Å². The molecule has 0 aliphatic rings. The summed E-state index contributed by atoms with van der Waals surface area (Å²) in [6, 6.07) is 5.09. The predicted molar refractivity (Wildman–Crippen MR) is 67.4 cm³/mol. The van der Waals surface area contributed by atoms with Crippen molar-refractivity contribution in [1.29, 1.82) is 0 Å². The summed E-state index contributed by atoms with van der Waals surface area (Å²) in [5.41, 5.74) is 1.74. The van der Waals surface area contributed by atoms with E-state index in [0.717, 1.165) is 5.56 Å². The average Bonchev–Trinajstić information content (AvgIpc) is 2.29. The van der Waals surface area contributed by atoms with Crippen LogP contribution in [0.5, 0.6) is 0 Å². The second kappa shape index (κ2) is 6.20. The minimum Gasteiger partial charge on any atom is -0.396 e. The summed E-state index contributed by atoms with van der Waals surface area (Å²) in [7, 11) is 0. The molecule has 0 saturated heterocycles. The number of aliphatic hydroxyl groups excluding tert-OH is 1. The van der Waals surface area contributed by atoms with Crippen molar-refractivity contribution in [2.24, 2.45) is 0 Å². The van der Waals surface area contributed by atoms with Crippen LogP contribution in [0.3, 0.4) is 0 Å². The lowest BCUT2D eigenvalue weighted by molar-refractivity contribution is -0.384. The number of nitrogens with zero attached hydrogens (tertiary/aromatic N) is 2. The van der Waals surface area contributed by atoms with Crippen molar-refractivity contribution in [3.63, 3.8) is 0 Å². The summed E-state index contributed by atoms with van der Waals surface area (Å²) in [5.74, 6) is 0. The smallest absolute Gasteiger partial charge is 0.292 e. The second-order valence-corrected chi connectivity index (χ2v) is 3.91. The summed E-state index contributed by atoms with van der Waals surface area (Å²) in [5, 5.41) is 19.8. The molecule has 0 unspecified atom stereocenters. The Labute approximate surface area is 101 Å². The quantitative estimate of drug-likeness (QED) is 0.609. The standard InChI is InChI=1S/C12H18N2O3/c1-3-13(7-4-8-15)12-9-10(2)5-6-11(12)14(16)17/h5-6,9,15H,3-4,7-8H2,1-2H3. The molecule has 5 nitrogen and oxygen atoms in total. The van der Waals surface area contributed by atoms with E-state index in [1.807, 2.05) is 24.8 Å². The van der Waals surface area contributed by atoms with Crippen LogP contribution in [0.25, 0.3) is 0 Å². The van der Waals surface area contributed by atoms with Gasteiger partial charge in [0.2, 0.25) is 0 Å². The van der Waals surface area contributed by atoms with Gasteiger partial charge in [0.15, 0.2) is 0 Å². The van der Waals surface area contributed by atoms with Gasteiger partial charge in [0, 0.05) is 25.8 Å². The molecule has 94 valence electrons. The fourth-order valence-corrected chi connectivity index (χ4v) is 1.75. The number of anilines is 1. The minimum absolute atomic E-state index is 0.0934. The van der Waals surface area contributed by atoms with E-state index >= 15 is 0 Å². The molecule has 17 heavy (non-hydrogen) atoms. The third-order valence-electron chi connectivity index (χ3n) is 2.64. The van der Waals surface area contributed by atoms with Crippen LogP contribution < -0.4 is 4.90 Å². The van der Waals surface area contributed by atoms with Crippen LogP contribution >= 0.6 is 0 Å². The van der Waals surface area contributed by atoms with Gasteiger partial charge in [0.05, 0.1) is 4.92 Å². The van der Waals surface area contributed by atoms with E-state index in [1.54, 1.807) is 6.07 Å². The predicted octanol–water partition coefficient (Wildman–Crippen LogP) is 2.11. The molecule has 0 aliphatic heterocycles. The van der Waals surface area contributed by atoms with Crippen LogP contribution in [0.4, 0.5) is 11.4 Å². The third-order valence-corrected chi connectivity index (χ3v) is 2.64. The molecule has 0 spiro atoms. The molecule has 0 radical (unpaired) electrons. The van der Waals surface area contributed by atoms with Gasteiger partial charge in [0.1, 0.15) is 5.69 Å². The van der Waals surface area contributed by atoms with Crippen molar-refractivity contribution in [2.75, 3.05) is 24.6 Å². The van der Waals surface area contributed by atoms with Gasteiger partial charge in [-0.15, -0.1) is 0 Å². The highest BCUT2D eigenvalue weighted by Gasteiger charge is 2.17. The SMILES string of the molecule is CCN(CCCO)c1cc(C)ccc1[N+](=O)[O-]. The maximum Gasteiger partial charge on any atom is 0.292 e. The minimum atomic E-state index is -0.365. The van der Waals surface area contributed by atoms with Gasteiger partial charge in [-0.3, -0.25) is 10.1 Å². The van der Waals surface area contributed by atoms with Crippen molar-refractivity contribution < 1.29 is 10.0 Å². The van der Waals surface area contributed by atoms with E-state index in [9.17, 15) is 10.1 Å². The lowest BCUT2D eigenvalue weighted by Gasteiger charge is -2.22. The largest absolute Gasteiger partial charge is 0.396 e. The Balaban J connectivity index is 3.06. The van der Waals surface area contributed by atoms with Gasteiger partial charge < -0.3 is 10.0 Å². The van der Waals surface area contributed by atoms with Crippen molar-refractivity contribution in [3.8, 4) is 0 Å². The first kappa shape index (κ1) is 13.4. The number of nitro groups is 1. The first-order chi connectivity index (χ1) is 8.10. The number of nitro benzene ring substituents is 1. The van der Waals surface area contributed by atoms with Crippen LogP contribution in [0, 0.1) is 17.0 Å². The van der Waals surface area contributed by atoms with E-state index in [0.29, 0.717) is 25.2 Å². The monoisotopic (exact) mass is 238 g/mol. The second-order valence-electron chi connectivity index (χ2n) is 3.91. The van der Waals surface area contributed by atoms with Gasteiger partial charge in [0.25, 0.3) is 5.69 Å². The van der Waals surface area contributed by atoms with Crippen LogP contribution in [0.2, 0.25) is 0 Å². The van der Waals surface area contributed by atoms with E-state index in [4.69, 9.17) is 5.11 Å². The molecule has 0 saturated carbocycles. The summed E-state index contributed by atoms with van der Waals surface area (Å²) in [6.07, 6.45) is 0.610. The third kappa shape index (κ3) is 3.42. The van der Waals surface area contributed by atoms with E-state index < -0.39 is 0 Å². The number of benzene rings is 1. The number of hydrogen-bond donors (Lipinski definition) is 1. The molecule has 0 aromatic heterocycles. The van der Waals surface area contributed by atoms with Crippen molar-refractivity contribution >= 4 is 11.4 Å². The molecule has 5 heteroatoms. The zero-order valence-corrected chi connectivity index (χ0v) is 10.2. The zero-order valence-electron chi connectivity index (χ0n) is 10.2. The lowest BCUT2D eigenvalue weighted by atomic mass is 10.1. The van der Waals surface area contributed by atoms with Gasteiger partial charge in [-0.25, -0.2) is 0 Å². The number of aliphatic hydroxyl groups is 1. The summed E-state index contributed by atoms with van der Waals surface area (Å²) < 4.78 is 0. The van der Waals surface area contributed by atoms with Crippen LogP contribution in [0.15, 0.2) is 18.2 Å². The summed E-state index contributed by atoms with van der Waals surface area (Å²) in [6.45, 7) is 5.26. The first-order valence-corrected chi connectivity index (χ1v) is 5.71. The Bertz CT molecular complexity index is 393. The average molecular weight is 238 g/mol. The molecule has 0 bridgehead atoms. The Kier molecular flexibility index (Phi) is 4.90. The Morgan fingerprint density at radius 1 is 1.47 bits per heavy atom.